The van der Waals surface area contributed by atoms with Gasteiger partial charge in [0.25, 0.3) is 0 Å². The van der Waals surface area contributed by atoms with Crippen LogP contribution in [0.25, 0.3) is 11.0 Å². The average Bonchev–Trinajstić information content (AvgIpc) is 3.45. The number of imide groups is 1. The summed E-state index contributed by atoms with van der Waals surface area (Å²) < 4.78 is 5.77. The van der Waals surface area contributed by atoms with Crippen molar-refractivity contribution in [3.8, 4) is 0 Å². The molecule has 2 amide bonds. The molecule has 2 saturated carbocycles. The van der Waals surface area contributed by atoms with Crippen LogP contribution in [0.1, 0.15) is 51.4 Å². The molecule has 4 fully saturated rings. The smallest absolute Gasteiger partial charge is 0.233 e. The molecule has 3 heterocycles. The minimum Gasteiger partial charge on any atom is -0.462 e. The lowest BCUT2D eigenvalue weighted by Crippen LogP contribution is -2.49. The molecule has 2 aliphatic carbocycles. The van der Waals surface area contributed by atoms with Gasteiger partial charge in [-0.2, -0.15) is 0 Å². The zero-order valence-corrected chi connectivity index (χ0v) is 20.2. The molecule has 2 saturated heterocycles. The Labute approximate surface area is 202 Å². The summed E-state index contributed by atoms with van der Waals surface area (Å²) in [6.45, 7) is 5.85. The Bertz CT molecular complexity index is 1020. The van der Waals surface area contributed by atoms with Crippen LogP contribution in [-0.2, 0) is 9.59 Å². The van der Waals surface area contributed by atoms with Gasteiger partial charge in [0.1, 0.15) is 0 Å². The van der Waals surface area contributed by atoms with Crippen LogP contribution in [0.3, 0.4) is 0 Å². The van der Waals surface area contributed by atoms with Crippen LogP contribution in [-0.4, -0.2) is 60.9 Å². The van der Waals surface area contributed by atoms with Crippen molar-refractivity contribution in [1.29, 1.82) is 0 Å². The maximum atomic E-state index is 13.0. The van der Waals surface area contributed by atoms with E-state index < -0.39 is 0 Å². The van der Waals surface area contributed by atoms with Gasteiger partial charge in [-0.15, -0.1) is 0 Å². The van der Waals surface area contributed by atoms with E-state index in [-0.39, 0.29) is 23.7 Å². The second kappa shape index (κ2) is 9.37. The zero-order valence-electron chi connectivity index (χ0n) is 20.2. The standard InChI is InChI=1S/C28H37N3O3/c32-27-23-9-3-4-10-24(23)28(33)31(27)19-22-7-2-1-6-21(22)18-29-13-15-30(16-14-29)25-11-5-8-20-12-17-34-26(20)25/h5,8,11-12,17,21-24H,1-4,6-7,9-10,13-16,18-19H2. The van der Waals surface area contributed by atoms with Crippen molar-refractivity contribution in [2.45, 2.75) is 51.4 Å². The molecule has 0 spiro atoms. The normalized spacial score (nSPS) is 30.8. The molecule has 0 bridgehead atoms. The fourth-order valence-corrected chi connectivity index (χ4v) is 7.14. The average molecular weight is 464 g/mol. The Morgan fingerprint density at radius 2 is 1.41 bits per heavy atom. The summed E-state index contributed by atoms with van der Waals surface area (Å²) in [5, 5.41) is 1.16. The second-order valence-corrected chi connectivity index (χ2v) is 11.0. The molecule has 2 aromatic rings. The fourth-order valence-electron chi connectivity index (χ4n) is 7.14. The predicted octanol–water partition coefficient (Wildman–Crippen LogP) is 4.54. The molecule has 6 rings (SSSR count). The van der Waals surface area contributed by atoms with E-state index in [1.165, 1.54) is 24.9 Å². The summed E-state index contributed by atoms with van der Waals surface area (Å²) in [5.74, 6) is 1.28. The van der Waals surface area contributed by atoms with Crippen molar-refractivity contribution < 1.29 is 14.0 Å². The topological polar surface area (TPSA) is 57.0 Å². The maximum absolute atomic E-state index is 13.0. The van der Waals surface area contributed by atoms with Crippen molar-refractivity contribution in [2.24, 2.45) is 23.7 Å². The Balaban J connectivity index is 1.08. The Morgan fingerprint density at radius 1 is 0.765 bits per heavy atom. The van der Waals surface area contributed by atoms with Gasteiger partial charge in [0.15, 0.2) is 5.58 Å². The Morgan fingerprint density at radius 3 is 2.12 bits per heavy atom. The monoisotopic (exact) mass is 463 g/mol. The second-order valence-electron chi connectivity index (χ2n) is 11.0. The Kier molecular flexibility index (Phi) is 6.10. The highest BCUT2D eigenvalue weighted by Gasteiger charge is 2.49. The van der Waals surface area contributed by atoms with Crippen molar-refractivity contribution in [1.82, 2.24) is 9.80 Å². The van der Waals surface area contributed by atoms with E-state index in [4.69, 9.17) is 4.42 Å². The lowest BCUT2D eigenvalue weighted by Gasteiger charge is -2.41. The lowest BCUT2D eigenvalue weighted by molar-refractivity contribution is -0.141. The molecule has 1 aromatic carbocycles. The summed E-state index contributed by atoms with van der Waals surface area (Å²) in [4.78, 5) is 32.8. The fraction of sp³-hybridized carbons (Fsp3) is 0.643. The first-order valence-corrected chi connectivity index (χ1v) is 13.5. The van der Waals surface area contributed by atoms with E-state index in [1.54, 1.807) is 11.2 Å². The maximum Gasteiger partial charge on any atom is 0.233 e. The van der Waals surface area contributed by atoms with Gasteiger partial charge in [-0.1, -0.05) is 37.8 Å². The first-order chi connectivity index (χ1) is 16.7. The zero-order chi connectivity index (χ0) is 23.1. The number of carbonyl (C=O) groups is 2. The molecule has 4 atom stereocenters. The number of benzene rings is 1. The highest BCUT2D eigenvalue weighted by Crippen LogP contribution is 2.40. The summed E-state index contributed by atoms with van der Waals surface area (Å²) in [5.41, 5.74) is 2.19. The minimum atomic E-state index is -0.0185. The van der Waals surface area contributed by atoms with Gasteiger partial charge in [0.2, 0.25) is 11.8 Å². The third kappa shape index (κ3) is 4.04. The number of nitrogens with zero attached hydrogens (tertiary/aromatic N) is 3. The SMILES string of the molecule is O=C1C2CCCCC2C(=O)N1CC1CCCCC1CN1CCN(c2cccc3ccoc23)CC1. The van der Waals surface area contributed by atoms with Gasteiger partial charge >= 0.3 is 0 Å². The van der Waals surface area contributed by atoms with E-state index in [0.717, 1.165) is 75.8 Å². The number of carbonyl (C=O) groups excluding carboxylic acids is 2. The van der Waals surface area contributed by atoms with Crippen molar-refractivity contribution in [3.05, 3.63) is 30.5 Å². The number of hydrogen-bond donors (Lipinski definition) is 0. The van der Waals surface area contributed by atoms with Gasteiger partial charge in [-0.25, -0.2) is 0 Å². The minimum absolute atomic E-state index is 0.0185. The molecular weight excluding hydrogens is 426 g/mol. The molecule has 34 heavy (non-hydrogen) atoms. The van der Waals surface area contributed by atoms with Crippen molar-refractivity contribution in [2.75, 3.05) is 44.2 Å². The summed E-state index contributed by atoms with van der Waals surface area (Å²) >= 11 is 0. The number of fused-ring (bicyclic) bond motifs is 2. The van der Waals surface area contributed by atoms with Gasteiger partial charge < -0.3 is 9.32 Å². The number of hydrogen-bond acceptors (Lipinski definition) is 5. The van der Waals surface area contributed by atoms with E-state index in [9.17, 15) is 9.59 Å². The number of piperazine rings is 1. The number of likely N-dealkylation sites (tertiary alicyclic amines) is 1. The largest absolute Gasteiger partial charge is 0.462 e. The summed E-state index contributed by atoms with van der Waals surface area (Å²) in [6.07, 6.45) is 10.7. The molecule has 0 N–H and O–H groups in total. The van der Waals surface area contributed by atoms with Crippen LogP contribution >= 0.6 is 0 Å². The first-order valence-electron chi connectivity index (χ1n) is 13.5. The molecule has 6 heteroatoms. The number of amides is 2. The number of furan rings is 1. The number of rotatable bonds is 5. The molecule has 6 nitrogen and oxygen atoms in total. The quantitative estimate of drug-likeness (QED) is 0.610. The molecule has 182 valence electrons. The van der Waals surface area contributed by atoms with Crippen LogP contribution in [0, 0.1) is 23.7 Å². The summed E-state index contributed by atoms with van der Waals surface area (Å²) in [7, 11) is 0. The molecular formula is C28H37N3O3. The first kappa shape index (κ1) is 22.1. The van der Waals surface area contributed by atoms with Crippen molar-refractivity contribution >= 4 is 28.5 Å². The van der Waals surface area contributed by atoms with Gasteiger partial charge in [0.05, 0.1) is 23.8 Å². The van der Waals surface area contributed by atoms with Crippen LogP contribution < -0.4 is 4.90 Å². The molecule has 1 aromatic heterocycles. The third-order valence-electron chi connectivity index (χ3n) is 9.08. The molecule has 0 radical (unpaired) electrons. The van der Waals surface area contributed by atoms with Crippen molar-refractivity contribution in [3.63, 3.8) is 0 Å². The van der Waals surface area contributed by atoms with Crippen LogP contribution in [0.4, 0.5) is 5.69 Å². The highest BCUT2D eigenvalue weighted by atomic mass is 16.3. The number of anilines is 1. The van der Waals surface area contributed by atoms with Gasteiger partial charge in [-0.3, -0.25) is 19.4 Å². The molecule has 2 aliphatic heterocycles. The van der Waals surface area contributed by atoms with E-state index >= 15 is 0 Å². The van der Waals surface area contributed by atoms with E-state index in [1.807, 2.05) is 6.07 Å². The van der Waals surface area contributed by atoms with E-state index in [0.29, 0.717) is 18.4 Å². The molecule has 4 unspecified atom stereocenters. The number of para-hydroxylation sites is 1. The highest BCUT2D eigenvalue weighted by molar-refractivity contribution is 6.05. The molecule has 4 aliphatic rings. The van der Waals surface area contributed by atoms with E-state index in [2.05, 4.69) is 28.0 Å². The van der Waals surface area contributed by atoms with Gasteiger partial charge in [-0.05, 0) is 49.7 Å². The van der Waals surface area contributed by atoms with Crippen LogP contribution in [0.2, 0.25) is 0 Å². The summed E-state index contributed by atoms with van der Waals surface area (Å²) in [6, 6.07) is 8.42. The third-order valence-corrected chi connectivity index (χ3v) is 9.08. The van der Waals surface area contributed by atoms with Gasteiger partial charge in [0, 0.05) is 44.7 Å². The Hall–Kier alpha value is -2.34. The van der Waals surface area contributed by atoms with Crippen LogP contribution in [0.15, 0.2) is 34.9 Å². The lowest BCUT2D eigenvalue weighted by atomic mass is 9.78. The van der Waals surface area contributed by atoms with Crippen LogP contribution in [0.5, 0.6) is 0 Å². The predicted molar refractivity (Wildman–Crippen MR) is 132 cm³/mol.